The number of ether oxygens (including phenoxy) is 1. The Morgan fingerprint density at radius 1 is 1.18 bits per heavy atom. The van der Waals surface area contributed by atoms with Crippen LogP contribution in [-0.2, 0) is 11.4 Å². The van der Waals surface area contributed by atoms with Crippen LogP contribution >= 0.6 is 11.6 Å². The SMILES string of the molecule is CC(Nc1cccc(OCc2ccccn2)c1)C(=O)Nc1ccc(F)cc1Cl. The number of benzene rings is 2. The lowest BCUT2D eigenvalue weighted by molar-refractivity contribution is -0.116. The summed E-state index contributed by atoms with van der Waals surface area (Å²) in [6.07, 6.45) is 1.71. The zero-order valence-corrected chi connectivity index (χ0v) is 15.9. The lowest BCUT2D eigenvalue weighted by Gasteiger charge is -2.16. The quantitative estimate of drug-likeness (QED) is 0.593. The van der Waals surface area contributed by atoms with E-state index in [1.54, 1.807) is 19.2 Å². The number of rotatable bonds is 7. The first kappa shape index (κ1) is 19.6. The highest BCUT2D eigenvalue weighted by Gasteiger charge is 2.15. The van der Waals surface area contributed by atoms with E-state index in [2.05, 4.69) is 15.6 Å². The van der Waals surface area contributed by atoms with Gasteiger partial charge in [0.1, 0.15) is 24.2 Å². The fraction of sp³-hybridized carbons (Fsp3) is 0.143. The predicted octanol–water partition coefficient (Wildman–Crippen LogP) is 4.89. The van der Waals surface area contributed by atoms with Crippen molar-refractivity contribution < 1.29 is 13.9 Å². The molecule has 0 spiro atoms. The summed E-state index contributed by atoms with van der Waals surface area (Å²) in [5, 5.41) is 5.93. The number of amides is 1. The summed E-state index contributed by atoms with van der Waals surface area (Å²) >= 11 is 5.95. The molecule has 1 aromatic heterocycles. The van der Waals surface area contributed by atoms with Crippen molar-refractivity contribution in [1.82, 2.24) is 4.98 Å². The van der Waals surface area contributed by atoms with Crippen LogP contribution < -0.4 is 15.4 Å². The molecule has 2 N–H and O–H groups in total. The number of halogens is 2. The largest absolute Gasteiger partial charge is 0.487 e. The summed E-state index contributed by atoms with van der Waals surface area (Å²) in [4.78, 5) is 16.6. The maximum Gasteiger partial charge on any atom is 0.246 e. The molecule has 1 heterocycles. The zero-order valence-electron chi connectivity index (χ0n) is 15.2. The number of hydrogen-bond acceptors (Lipinski definition) is 4. The molecular weight excluding hydrogens is 381 g/mol. The van der Waals surface area contributed by atoms with Crippen LogP contribution in [0.4, 0.5) is 15.8 Å². The molecule has 0 bridgehead atoms. The van der Waals surface area contributed by atoms with Gasteiger partial charge in [0.2, 0.25) is 5.91 Å². The molecule has 0 aliphatic heterocycles. The lowest BCUT2D eigenvalue weighted by Crippen LogP contribution is -2.31. The number of carbonyl (C=O) groups is 1. The summed E-state index contributed by atoms with van der Waals surface area (Å²) in [6, 6.07) is 16.2. The molecule has 2 aromatic carbocycles. The number of hydrogen-bond donors (Lipinski definition) is 2. The highest BCUT2D eigenvalue weighted by molar-refractivity contribution is 6.33. The Balaban J connectivity index is 1.58. The highest BCUT2D eigenvalue weighted by atomic mass is 35.5. The van der Waals surface area contributed by atoms with Gasteiger partial charge in [-0.3, -0.25) is 9.78 Å². The number of carbonyl (C=O) groups excluding carboxylic acids is 1. The van der Waals surface area contributed by atoms with Gasteiger partial charge in [0.25, 0.3) is 0 Å². The third-order valence-corrected chi connectivity index (χ3v) is 4.23. The molecule has 144 valence electrons. The number of nitrogens with one attached hydrogen (secondary N) is 2. The van der Waals surface area contributed by atoms with Gasteiger partial charge in [0.15, 0.2) is 0 Å². The van der Waals surface area contributed by atoms with E-state index in [-0.39, 0.29) is 10.9 Å². The first-order valence-electron chi connectivity index (χ1n) is 8.66. The molecule has 3 rings (SSSR count). The molecule has 1 atom stereocenters. The van der Waals surface area contributed by atoms with Crippen LogP contribution in [0.5, 0.6) is 5.75 Å². The second-order valence-electron chi connectivity index (χ2n) is 6.12. The van der Waals surface area contributed by atoms with Gasteiger partial charge in [-0.15, -0.1) is 0 Å². The lowest BCUT2D eigenvalue weighted by atomic mass is 10.2. The molecule has 3 aromatic rings. The number of nitrogens with zero attached hydrogens (tertiary/aromatic N) is 1. The second kappa shape index (κ2) is 9.19. The highest BCUT2D eigenvalue weighted by Crippen LogP contribution is 2.23. The van der Waals surface area contributed by atoms with Crippen molar-refractivity contribution in [3.8, 4) is 5.75 Å². The molecule has 5 nitrogen and oxygen atoms in total. The van der Waals surface area contributed by atoms with Crippen LogP contribution in [0.1, 0.15) is 12.6 Å². The molecule has 0 fully saturated rings. The van der Waals surface area contributed by atoms with Crippen molar-refractivity contribution in [3.63, 3.8) is 0 Å². The van der Waals surface area contributed by atoms with Gasteiger partial charge in [0.05, 0.1) is 16.4 Å². The number of anilines is 2. The van der Waals surface area contributed by atoms with Crippen molar-refractivity contribution in [3.05, 3.63) is 83.4 Å². The van der Waals surface area contributed by atoms with E-state index in [1.807, 2.05) is 36.4 Å². The van der Waals surface area contributed by atoms with E-state index in [0.717, 1.165) is 17.4 Å². The summed E-state index contributed by atoms with van der Waals surface area (Å²) in [5.74, 6) is -0.102. The monoisotopic (exact) mass is 399 g/mol. The topological polar surface area (TPSA) is 63.2 Å². The third kappa shape index (κ3) is 5.44. The molecule has 0 aliphatic rings. The molecular formula is C21H19ClFN3O2. The number of aromatic nitrogens is 1. The van der Waals surface area contributed by atoms with Gasteiger partial charge in [0, 0.05) is 18.0 Å². The fourth-order valence-electron chi connectivity index (χ4n) is 2.46. The van der Waals surface area contributed by atoms with Gasteiger partial charge in [-0.05, 0) is 49.4 Å². The average molecular weight is 400 g/mol. The first-order chi connectivity index (χ1) is 13.5. The van der Waals surface area contributed by atoms with Crippen LogP contribution in [0.3, 0.4) is 0 Å². The van der Waals surface area contributed by atoms with Crippen LogP contribution in [0, 0.1) is 5.82 Å². The van der Waals surface area contributed by atoms with E-state index >= 15 is 0 Å². The molecule has 1 amide bonds. The van der Waals surface area contributed by atoms with Crippen molar-refractivity contribution in [2.24, 2.45) is 0 Å². The summed E-state index contributed by atoms with van der Waals surface area (Å²) in [7, 11) is 0. The molecule has 0 saturated heterocycles. The molecule has 0 radical (unpaired) electrons. The van der Waals surface area contributed by atoms with Crippen molar-refractivity contribution in [2.75, 3.05) is 10.6 Å². The number of pyridine rings is 1. The summed E-state index contributed by atoms with van der Waals surface area (Å²) < 4.78 is 18.9. The fourth-order valence-corrected chi connectivity index (χ4v) is 2.68. The van der Waals surface area contributed by atoms with E-state index in [9.17, 15) is 9.18 Å². The minimum atomic E-state index is -0.549. The zero-order chi connectivity index (χ0) is 19.9. The van der Waals surface area contributed by atoms with Crippen LogP contribution in [0.15, 0.2) is 66.9 Å². The second-order valence-corrected chi connectivity index (χ2v) is 6.52. The van der Waals surface area contributed by atoms with Gasteiger partial charge in [-0.1, -0.05) is 23.7 Å². The predicted molar refractivity (Wildman–Crippen MR) is 108 cm³/mol. The van der Waals surface area contributed by atoms with E-state index in [1.165, 1.54) is 12.1 Å². The normalized spacial score (nSPS) is 11.5. The van der Waals surface area contributed by atoms with E-state index in [4.69, 9.17) is 16.3 Å². The van der Waals surface area contributed by atoms with Gasteiger partial charge in [-0.2, -0.15) is 0 Å². The maximum absolute atomic E-state index is 13.1. The van der Waals surface area contributed by atoms with Gasteiger partial charge >= 0.3 is 0 Å². The first-order valence-corrected chi connectivity index (χ1v) is 9.04. The van der Waals surface area contributed by atoms with Crippen LogP contribution in [0.2, 0.25) is 5.02 Å². The smallest absolute Gasteiger partial charge is 0.246 e. The van der Waals surface area contributed by atoms with Crippen LogP contribution in [-0.4, -0.2) is 16.9 Å². The average Bonchev–Trinajstić information content (AvgIpc) is 2.69. The maximum atomic E-state index is 13.1. The summed E-state index contributed by atoms with van der Waals surface area (Å²) in [6.45, 7) is 2.07. The Bertz CT molecular complexity index is 953. The van der Waals surface area contributed by atoms with Crippen molar-refractivity contribution in [2.45, 2.75) is 19.6 Å². The van der Waals surface area contributed by atoms with Gasteiger partial charge in [-0.25, -0.2) is 4.39 Å². The Morgan fingerprint density at radius 3 is 2.79 bits per heavy atom. The minimum Gasteiger partial charge on any atom is -0.487 e. The van der Waals surface area contributed by atoms with Crippen LogP contribution in [0.25, 0.3) is 0 Å². The molecule has 0 aliphatic carbocycles. The van der Waals surface area contributed by atoms with E-state index in [0.29, 0.717) is 18.0 Å². The Morgan fingerprint density at radius 2 is 2.04 bits per heavy atom. The molecule has 0 saturated carbocycles. The molecule has 1 unspecified atom stereocenters. The third-order valence-electron chi connectivity index (χ3n) is 3.91. The Labute approximate surface area is 167 Å². The molecule has 28 heavy (non-hydrogen) atoms. The summed E-state index contributed by atoms with van der Waals surface area (Å²) in [5.41, 5.74) is 1.91. The standard InChI is InChI=1S/C21H19ClFN3O2/c1-14(21(27)26-20-9-8-15(23)11-19(20)22)25-16-6-4-7-18(12-16)28-13-17-5-2-3-10-24-17/h2-12,14,25H,13H2,1H3,(H,26,27). The minimum absolute atomic E-state index is 0.144. The van der Waals surface area contributed by atoms with Crippen molar-refractivity contribution in [1.29, 1.82) is 0 Å². The Kier molecular flexibility index (Phi) is 6.45. The van der Waals surface area contributed by atoms with Crippen molar-refractivity contribution >= 4 is 28.9 Å². The molecule has 7 heteroatoms. The van der Waals surface area contributed by atoms with Gasteiger partial charge < -0.3 is 15.4 Å². The Hall–Kier alpha value is -3.12. The van der Waals surface area contributed by atoms with E-state index < -0.39 is 11.9 Å².